The van der Waals surface area contributed by atoms with E-state index in [1.165, 1.54) is 6.07 Å². The molecule has 2 N–H and O–H groups in total. The summed E-state index contributed by atoms with van der Waals surface area (Å²) in [5.74, 6) is 0.419. The Kier molecular flexibility index (Phi) is 2.01. The minimum Gasteiger partial charge on any atom is -0.490 e. The first-order valence-corrected chi connectivity index (χ1v) is 6.10. The maximum atomic E-state index is 11.4. The van der Waals surface area contributed by atoms with Crippen molar-refractivity contribution in [2.75, 3.05) is 12.9 Å². The van der Waals surface area contributed by atoms with Gasteiger partial charge in [-0.05, 0) is 6.07 Å². The Morgan fingerprint density at radius 2 is 2.21 bits per heavy atom. The minimum absolute atomic E-state index is 0.216. The first-order valence-electron chi connectivity index (χ1n) is 4.21. The summed E-state index contributed by atoms with van der Waals surface area (Å²) >= 11 is 0. The number of hydrogen-bond acceptors (Lipinski definition) is 4. The smallest absolute Gasteiger partial charge is 0.179 e. The van der Waals surface area contributed by atoms with E-state index in [-0.39, 0.29) is 10.9 Å². The van der Waals surface area contributed by atoms with Crippen molar-refractivity contribution in [2.24, 2.45) is 5.73 Å². The summed E-state index contributed by atoms with van der Waals surface area (Å²) in [5.41, 5.74) is 6.51. The van der Waals surface area contributed by atoms with Gasteiger partial charge < -0.3 is 10.5 Å². The molecule has 0 spiro atoms. The molecule has 76 valence electrons. The van der Waals surface area contributed by atoms with Crippen molar-refractivity contribution >= 4 is 9.84 Å². The minimum atomic E-state index is -3.23. The van der Waals surface area contributed by atoms with Gasteiger partial charge in [0.15, 0.2) is 9.84 Å². The zero-order chi connectivity index (χ0) is 10.3. The predicted octanol–water partition coefficient (Wildman–Crippen LogP) is 0.482. The van der Waals surface area contributed by atoms with Gasteiger partial charge in [-0.3, -0.25) is 0 Å². The van der Waals surface area contributed by atoms with Crippen molar-refractivity contribution in [2.45, 2.75) is 10.9 Å². The number of nitrogens with two attached hydrogens (primary N) is 1. The van der Waals surface area contributed by atoms with Crippen molar-refractivity contribution in [3.8, 4) is 5.75 Å². The van der Waals surface area contributed by atoms with E-state index in [1.807, 2.05) is 0 Å². The zero-order valence-electron chi connectivity index (χ0n) is 7.73. The van der Waals surface area contributed by atoms with E-state index >= 15 is 0 Å². The lowest BCUT2D eigenvalue weighted by Crippen LogP contribution is -2.10. The van der Waals surface area contributed by atoms with Crippen LogP contribution in [0.5, 0.6) is 5.75 Å². The second-order valence-electron chi connectivity index (χ2n) is 3.36. The van der Waals surface area contributed by atoms with Gasteiger partial charge >= 0.3 is 0 Å². The molecule has 1 heterocycles. The Hall–Kier alpha value is -1.07. The highest BCUT2D eigenvalue weighted by Crippen LogP contribution is 2.36. The summed E-state index contributed by atoms with van der Waals surface area (Å²) in [6.07, 6.45) is 1.16. The zero-order valence-corrected chi connectivity index (χ0v) is 8.54. The summed E-state index contributed by atoms with van der Waals surface area (Å²) in [7, 11) is -3.23. The molecule has 1 aromatic carbocycles. The van der Waals surface area contributed by atoms with Crippen LogP contribution in [0.1, 0.15) is 11.6 Å². The molecule has 14 heavy (non-hydrogen) atoms. The number of benzene rings is 1. The Labute approximate surface area is 82.6 Å². The van der Waals surface area contributed by atoms with E-state index in [4.69, 9.17) is 10.5 Å². The van der Waals surface area contributed by atoms with Crippen LogP contribution in [0.25, 0.3) is 0 Å². The van der Waals surface area contributed by atoms with E-state index in [1.54, 1.807) is 12.1 Å². The highest BCUT2D eigenvalue weighted by molar-refractivity contribution is 7.90. The molecular weight excluding hydrogens is 202 g/mol. The predicted molar refractivity (Wildman–Crippen MR) is 52.0 cm³/mol. The second kappa shape index (κ2) is 2.96. The van der Waals surface area contributed by atoms with Crippen LogP contribution in [0.2, 0.25) is 0 Å². The maximum Gasteiger partial charge on any atom is 0.179 e. The van der Waals surface area contributed by atoms with E-state index in [9.17, 15) is 8.42 Å². The van der Waals surface area contributed by atoms with E-state index in [0.717, 1.165) is 11.8 Å². The lowest BCUT2D eigenvalue weighted by atomic mass is 10.1. The summed E-state index contributed by atoms with van der Waals surface area (Å²) in [5, 5.41) is 0. The van der Waals surface area contributed by atoms with Crippen molar-refractivity contribution < 1.29 is 13.2 Å². The van der Waals surface area contributed by atoms with Crippen molar-refractivity contribution in [1.29, 1.82) is 0 Å². The lowest BCUT2D eigenvalue weighted by Gasteiger charge is -2.05. The second-order valence-corrected chi connectivity index (χ2v) is 5.35. The molecule has 1 atom stereocenters. The molecule has 0 saturated carbocycles. The average molecular weight is 213 g/mol. The first kappa shape index (κ1) is 9.48. The average Bonchev–Trinajstić information content (AvgIpc) is 2.46. The molecule has 4 nitrogen and oxygen atoms in total. The molecule has 0 unspecified atom stereocenters. The van der Waals surface area contributed by atoms with Crippen LogP contribution in [0.15, 0.2) is 23.1 Å². The number of sulfone groups is 1. The fourth-order valence-electron chi connectivity index (χ4n) is 1.53. The fourth-order valence-corrected chi connectivity index (χ4v) is 2.37. The number of ether oxygens (including phenoxy) is 1. The standard InChI is InChI=1S/C9H11NO3S/c1-14(11,12)8-4-2-3-6-7(10)5-13-9(6)8/h2-4,7H,5,10H2,1H3/t7-/m1/s1. The Balaban J connectivity index is 2.67. The Morgan fingerprint density at radius 3 is 2.86 bits per heavy atom. The van der Waals surface area contributed by atoms with E-state index in [2.05, 4.69) is 0 Å². The molecule has 1 aromatic rings. The van der Waals surface area contributed by atoms with Crippen LogP contribution in [-0.2, 0) is 9.84 Å². The summed E-state index contributed by atoms with van der Waals surface area (Å²) in [6, 6.07) is 4.80. The van der Waals surface area contributed by atoms with Gasteiger partial charge in [0.25, 0.3) is 0 Å². The Bertz CT molecular complexity index is 467. The van der Waals surface area contributed by atoms with Crippen molar-refractivity contribution in [3.05, 3.63) is 23.8 Å². The molecule has 2 rings (SSSR count). The molecular formula is C9H11NO3S. The van der Waals surface area contributed by atoms with Crippen LogP contribution in [-0.4, -0.2) is 21.3 Å². The van der Waals surface area contributed by atoms with Crippen LogP contribution in [0.3, 0.4) is 0 Å². The number of para-hydroxylation sites is 1. The normalized spacial score (nSPS) is 20.3. The quantitative estimate of drug-likeness (QED) is 0.736. The largest absolute Gasteiger partial charge is 0.490 e. The molecule has 0 saturated heterocycles. The maximum absolute atomic E-state index is 11.4. The van der Waals surface area contributed by atoms with Crippen LogP contribution in [0, 0.1) is 0 Å². The summed E-state index contributed by atoms with van der Waals surface area (Å²) in [6.45, 7) is 0.349. The van der Waals surface area contributed by atoms with Crippen molar-refractivity contribution in [3.63, 3.8) is 0 Å². The fraction of sp³-hybridized carbons (Fsp3) is 0.333. The van der Waals surface area contributed by atoms with Gasteiger partial charge in [0.05, 0.1) is 6.04 Å². The van der Waals surface area contributed by atoms with Gasteiger partial charge in [0.1, 0.15) is 17.3 Å². The first-order chi connectivity index (χ1) is 6.50. The molecule has 5 heteroatoms. The van der Waals surface area contributed by atoms with Crippen LogP contribution < -0.4 is 10.5 Å². The molecule has 0 fully saturated rings. The van der Waals surface area contributed by atoms with Gasteiger partial charge in [-0.25, -0.2) is 8.42 Å². The summed E-state index contributed by atoms with van der Waals surface area (Å²) in [4.78, 5) is 0.225. The van der Waals surface area contributed by atoms with Gasteiger partial charge in [0.2, 0.25) is 0 Å². The van der Waals surface area contributed by atoms with Gasteiger partial charge in [-0.2, -0.15) is 0 Å². The summed E-state index contributed by atoms with van der Waals surface area (Å²) < 4.78 is 28.0. The van der Waals surface area contributed by atoms with Crippen LogP contribution in [0.4, 0.5) is 0 Å². The number of hydrogen-bond donors (Lipinski definition) is 1. The van der Waals surface area contributed by atoms with E-state index in [0.29, 0.717) is 12.4 Å². The van der Waals surface area contributed by atoms with Crippen LogP contribution >= 0.6 is 0 Å². The lowest BCUT2D eigenvalue weighted by molar-refractivity contribution is 0.326. The van der Waals surface area contributed by atoms with Gasteiger partial charge in [-0.1, -0.05) is 12.1 Å². The monoisotopic (exact) mass is 213 g/mol. The molecule has 1 aliphatic rings. The highest BCUT2D eigenvalue weighted by Gasteiger charge is 2.26. The highest BCUT2D eigenvalue weighted by atomic mass is 32.2. The molecule has 0 bridgehead atoms. The molecule has 0 radical (unpaired) electrons. The third-order valence-electron chi connectivity index (χ3n) is 2.22. The van der Waals surface area contributed by atoms with Crippen molar-refractivity contribution in [1.82, 2.24) is 0 Å². The number of rotatable bonds is 1. The third-order valence-corrected chi connectivity index (χ3v) is 3.34. The molecule has 0 amide bonds. The molecule has 1 aliphatic heterocycles. The Morgan fingerprint density at radius 1 is 1.50 bits per heavy atom. The van der Waals surface area contributed by atoms with E-state index < -0.39 is 9.84 Å². The molecule has 0 aromatic heterocycles. The SMILES string of the molecule is CS(=O)(=O)c1cccc2c1OC[C@H]2N. The third kappa shape index (κ3) is 1.38. The molecule has 0 aliphatic carbocycles. The van der Waals surface area contributed by atoms with Gasteiger partial charge in [-0.15, -0.1) is 0 Å². The van der Waals surface area contributed by atoms with Gasteiger partial charge in [0, 0.05) is 11.8 Å². The topological polar surface area (TPSA) is 69.4 Å². The number of fused-ring (bicyclic) bond motifs is 1.